The van der Waals surface area contributed by atoms with Gasteiger partial charge in [-0.15, -0.1) is 0 Å². The Kier molecular flexibility index (Phi) is 5.62. The summed E-state index contributed by atoms with van der Waals surface area (Å²) in [5.74, 6) is 0.598. The summed E-state index contributed by atoms with van der Waals surface area (Å²) in [5.41, 5.74) is 8.46. The summed E-state index contributed by atoms with van der Waals surface area (Å²) in [4.78, 5) is 14.4. The number of nitrogen functional groups attached to an aromatic ring is 1. The average Bonchev–Trinajstić information content (AvgIpc) is 2.68. The van der Waals surface area contributed by atoms with Crippen LogP contribution in [0.4, 0.5) is 11.4 Å². The number of benzene rings is 3. The third-order valence-corrected chi connectivity index (χ3v) is 4.68. The number of carbonyl (C=O) groups is 1. The third kappa shape index (κ3) is 4.20. The number of anilines is 2. The summed E-state index contributed by atoms with van der Waals surface area (Å²) in [6.45, 7) is 2.30. The highest BCUT2D eigenvalue weighted by Gasteiger charge is 2.18. The lowest BCUT2D eigenvalue weighted by Crippen LogP contribution is -2.37. The Labute approximate surface area is 159 Å². The SMILES string of the molecule is CC(C(=O)Nc1c(N)cc(OCc2ccccc2)c2ccccc12)N(C)C. The molecule has 140 valence electrons. The maximum absolute atomic E-state index is 12.5. The highest BCUT2D eigenvalue weighted by atomic mass is 16.5. The number of nitrogens with two attached hydrogens (primary N) is 1. The molecule has 0 saturated carbocycles. The first-order chi connectivity index (χ1) is 13.0. The van der Waals surface area contributed by atoms with Gasteiger partial charge in [0.05, 0.1) is 17.4 Å². The smallest absolute Gasteiger partial charge is 0.241 e. The highest BCUT2D eigenvalue weighted by molar-refractivity contribution is 6.09. The summed E-state index contributed by atoms with van der Waals surface area (Å²) >= 11 is 0. The number of carbonyl (C=O) groups excluding carboxylic acids is 1. The zero-order valence-electron chi connectivity index (χ0n) is 15.9. The number of hydrogen-bond donors (Lipinski definition) is 2. The molecule has 0 heterocycles. The van der Waals surface area contributed by atoms with Gasteiger partial charge in [-0.05, 0) is 26.6 Å². The summed E-state index contributed by atoms with van der Waals surface area (Å²) in [7, 11) is 3.73. The minimum atomic E-state index is -0.267. The van der Waals surface area contributed by atoms with Crippen LogP contribution in [0.5, 0.6) is 5.75 Å². The van der Waals surface area contributed by atoms with Crippen LogP contribution >= 0.6 is 0 Å². The minimum absolute atomic E-state index is 0.102. The molecule has 5 nitrogen and oxygen atoms in total. The Morgan fingerprint density at radius 3 is 2.37 bits per heavy atom. The van der Waals surface area contributed by atoms with Gasteiger partial charge in [0.2, 0.25) is 5.91 Å². The van der Waals surface area contributed by atoms with E-state index in [0.717, 1.165) is 16.3 Å². The Balaban J connectivity index is 1.93. The first kappa shape index (κ1) is 18.7. The maximum atomic E-state index is 12.5. The Morgan fingerprint density at radius 1 is 1.07 bits per heavy atom. The molecule has 0 aliphatic heterocycles. The van der Waals surface area contributed by atoms with Crippen molar-refractivity contribution in [2.45, 2.75) is 19.6 Å². The van der Waals surface area contributed by atoms with E-state index in [-0.39, 0.29) is 11.9 Å². The van der Waals surface area contributed by atoms with E-state index in [2.05, 4.69) is 5.32 Å². The molecule has 0 aromatic heterocycles. The van der Waals surface area contributed by atoms with Gasteiger partial charge in [0.1, 0.15) is 12.4 Å². The second-order valence-electron chi connectivity index (χ2n) is 6.79. The van der Waals surface area contributed by atoms with Crippen molar-refractivity contribution in [3.05, 3.63) is 66.2 Å². The zero-order valence-corrected chi connectivity index (χ0v) is 15.9. The van der Waals surface area contributed by atoms with Crippen molar-refractivity contribution in [2.75, 3.05) is 25.1 Å². The lowest BCUT2D eigenvalue weighted by atomic mass is 10.1. The largest absolute Gasteiger partial charge is 0.488 e. The molecule has 0 spiro atoms. The van der Waals surface area contributed by atoms with E-state index in [0.29, 0.717) is 23.7 Å². The Hall–Kier alpha value is -3.05. The molecular weight excluding hydrogens is 338 g/mol. The molecule has 1 atom stereocenters. The zero-order chi connectivity index (χ0) is 19.4. The molecule has 0 fully saturated rings. The number of nitrogens with one attached hydrogen (secondary N) is 1. The van der Waals surface area contributed by atoms with E-state index < -0.39 is 0 Å². The lowest BCUT2D eigenvalue weighted by molar-refractivity contribution is -0.119. The van der Waals surface area contributed by atoms with E-state index in [1.807, 2.05) is 80.5 Å². The molecule has 0 saturated heterocycles. The van der Waals surface area contributed by atoms with Crippen molar-refractivity contribution in [3.63, 3.8) is 0 Å². The van der Waals surface area contributed by atoms with E-state index in [1.54, 1.807) is 6.07 Å². The second-order valence-corrected chi connectivity index (χ2v) is 6.79. The lowest BCUT2D eigenvalue weighted by Gasteiger charge is -2.21. The van der Waals surface area contributed by atoms with Crippen molar-refractivity contribution in [1.82, 2.24) is 4.90 Å². The van der Waals surface area contributed by atoms with Gasteiger partial charge in [-0.25, -0.2) is 0 Å². The summed E-state index contributed by atoms with van der Waals surface area (Å²) < 4.78 is 6.03. The normalized spacial score (nSPS) is 12.1. The van der Waals surface area contributed by atoms with Crippen molar-refractivity contribution >= 4 is 28.1 Å². The van der Waals surface area contributed by atoms with Gasteiger partial charge in [0.25, 0.3) is 0 Å². The molecule has 27 heavy (non-hydrogen) atoms. The number of likely N-dealkylation sites (N-methyl/N-ethyl adjacent to an activating group) is 1. The van der Waals surface area contributed by atoms with Crippen LogP contribution in [-0.4, -0.2) is 30.9 Å². The monoisotopic (exact) mass is 363 g/mol. The minimum Gasteiger partial charge on any atom is -0.488 e. The topological polar surface area (TPSA) is 67.6 Å². The molecular formula is C22H25N3O2. The van der Waals surface area contributed by atoms with Crippen molar-refractivity contribution in [2.24, 2.45) is 0 Å². The first-order valence-corrected chi connectivity index (χ1v) is 8.92. The molecule has 3 aromatic rings. The van der Waals surface area contributed by atoms with Crippen LogP contribution in [0.2, 0.25) is 0 Å². The highest BCUT2D eigenvalue weighted by Crippen LogP contribution is 2.37. The van der Waals surface area contributed by atoms with Gasteiger partial charge in [-0.3, -0.25) is 9.69 Å². The van der Waals surface area contributed by atoms with Crippen LogP contribution in [0.3, 0.4) is 0 Å². The fourth-order valence-corrected chi connectivity index (χ4v) is 2.82. The molecule has 3 aromatic carbocycles. The molecule has 5 heteroatoms. The molecule has 0 aliphatic carbocycles. The van der Waals surface area contributed by atoms with Crippen LogP contribution < -0.4 is 15.8 Å². The van der Waals surface area contributed by atoms with Gasteiger partial charge in [-0.1, -0.05) is 54.6 Å². The molecule has 0 radical (unpaired) electrons. The number of nitrogens with zero attached hydrogens (tertiary/aromatic N) is 1. The van der Waals surface area contributed by atoms with Crippen LogP contribution in [0, 0.1) is 0 Å². The van der Waals surface area contributed by atoms with Gasteiger partial charge in [0, 0.05) is 16.8 Å². The summed E-state index contributed by atoms with van der Waals surface area (Å²) in [6, 6.07) is 19.3. The Bertz CT molecular complexity index is 939. The van der Waals surface area contributed by atoms with Crippen LogP contribution in [-0.2, 0) is 11.4 Å². The van der Waals surface area contributed by atoms with Crippen molar-refractivity contribution in [1.29, 1.82) is 0 Å². The maximum Gasteiger partial charge on any atom is 0.241 e. The van der Waals surface area contributed by atoms with Crippen molar-refractivity contribution in [3.8, 4) is 5.75 Å². The van der Waals surface area contributed by atoms with Crippen LogP contribution in [0.1, 0.15) is 12.5 Å². The Morgan fingerprint density at radius 2 is 1.70 bits per heavy atom. The molecule has 3 rings (SSSR count). The number of rotatable bonds is 6. The van der Waals surface area contributed by atoms with Gasteiger partial charge in [0.15, 0.2) is 0 Å². The van der Waals surface area contributed by atoms with E-state index in [4.69, 9.17) is 10.5 Å². The van der Waals surface area contributed by atoms with E-state index >= 15 is 0 Å². The second kappa shape index (κ2) is 8.10. The summed E-state index contributed by atoms with van der Waals surface area (Å²) in [6.07, 6.45) is 0. The predicted molar refractivity (Wildman–Crippen MR) is 111 cm³/mol. The molecule has 3 N–H and O–H groups in total. The molecule has 1 amide bonds. The number of fused-ring (bicyclic) bond motifs is 1. The molecule has 0 bridgehead atoms. The van der Waals surface area contributed by atoms with Crippen LogP contribution in [0.15, 0.2) is 60.7 Å². The first-order valence-electron chi connectivity index (χ1n) is 8.92. The fraction of sp³-hybridized carbons (Fsp3) is 0.227. The average molecular weight is 363 g/mol. The van der Waals surface area contributed by atoms with Crippen LogP contribution in [0.25, 0.3) is 10.8 Å². The van der Waals surface area contributed by atoms with E-state index in [1.165, 1.54) is 0 Å². The summed E-state index contributed by atoms with van der Waals surface area (Å²) in [5, 5.41) is 4.75. The standard InChI is InChI=1S/C22H25N3O2/c1-15(25(2)3)22(26)24-21-18-12-8-7-11-17(18)20(13-19(21)23)27-14-16-9-5-4-6-10-16/h4-13,15H,14,23H2,1-3H3,(H,24,26). The van der Waals surface area contributed by atoms with Gasteiger partial charge >= 0.3 is 0 Å². The van der Waals surface area contributed by atoms with Crippen molar-refractivity contribution < 1.29 is 9.53 Å². The number of ether oxygens (including phenoxy) is 1. The molecule has 0 aliphatic rings. The van der Waals surface area contributed by atoms with Gasteiger partial charge in [-0.2, -0.15) is 0 Å². The van der Waals surface area contributed by atoms with E-state index in [9.17, 15) is 4.79 Å². The van der Waals surface area contributed by atoms with Gasteiger partial charge < -0.3 is 15.8 Å². The molecule has 1 unspecified atom stereocenters. The predicted octanol–water partition coefficient (Wildman–Crippen LogP) is 3.89. The quantitative estimate of drug-likeness (QED) is 0.652. The number of amides is 1. The number of hydrogen-bond acceptors (Lipinski definition) is 4. The fourth-order valence-electron chi connectivity index (χ4n) is 2.82. The third-order valence-electron chi connectivity index (χ3n) is 4.68.